The molecule has 0 aliphatic carbocycles. The van der Waals surface area contributed by atoms with E-state index in [4.69, 9.17) is 9.52 Å². The lowest BCUT2D eigenvalue weighted by Gasteiger charge is -1.99. The number of aliphatic hydroxyl groups excluding tert-OH is 1. The molecule has 0 saturated heterocycles. The summed E-state index contributed by atoms with van der Waals surface area (Å²) in [7, 11) is -3.67. The Hall–Kier alpha value is -2.52. The van der Waals surface area contributed by atoms with E-state index in [0.29, 0.717) is 11.7 Å². The first-order valence-corrected chi connectivity index (χ1v) is 9.44. The van der Waals surface area contributed by atoms with Crippen LogP contribution in [0.15, 0.2) is 46.4 Å². The molecular formula is C16H18N4O4S. The van der Waals surface area contributed by atoms with Gasteiger partial charge >= 0.3 is 0 Å². The van der Waals surface area contributed by atoms with Crippen molar-refractivity contribution in [2.24, 2.45) is 0 Å². The lowest BCUT2D eigenvalue weighted by atomic mass is 10.1. The fourth-order valence-electron chi connectivity index (χ4n) is 2.27. The van der Waals surface area contributed by atoms with Gasteiger partial charge in [-0.05, 0) is 12.0 Å². The molecule has 0 saturated carbocycles. The summed E-state index contributed by atoms with van der Waals surface area (Å²) in [6, 6.07) is 8.01. The maximum atomic E-state index is 11.8. The lowest BCUT2D eigenvalue weighted by Crippen LogP contribution is -2.12. The summed E-state index contributed by atoms with van der Waals surface area (Å²) in [6.45, 7) is 1.78. The van der Waals surface area contributed by atoms with Gasteiger partial charge in [-0.25, -0.2) is 23.1 Å². The van der Waals surface area contributed by atoms with Gasteiger partial charge in [0.05, 0.1) is 18.6 Å². The Labute approximate surface area is 145 Å². The molecule has 1 N–H and O–H groups in total. The minimum Gasteiger partial charge on any atom is -0.439 e. The molecule has 2 heterocycles. The maximum absolute atomic E-state index is 11.8. The molecule has 0 atom stereocenters. The van der Waals surface area contributed by atoms with Crippen LogP contribution in [0.1, 0.15) is 18.4 Å². The molecule has 25 heavy (non-hydrogen) atoms. The van der Waals surface area contributed by atoms with Gasteiger partial charge in [0.2, 0.25) is 15.7 Å². The lowest BCUT2D eigenvalue weighted by molar-refractivity contribution is 0.319. The van der Waals surface area contributed by atoms with Crippen LogP contribution in [0, 0.1) is 0 Å². The number of aromatic nitrogens is 4. The van der Waals surface area contributed by atoms with Crippen molar-refractivity contribution >= 4 is 9.84 Å². The molecule has 2 aromatic heterocycles. The number of nitrogens with zero attached hydrogens (tertiary/aromatic N) is 4. The average Bonchev–Trinajstić information content (AvgIpc) is 3.25. The molecule has 0 amide bonds. The Morgan fingerprint density at radius 3 is 2.64 bits per heavy atom. The molecule has 0 aliphatic heterocycles. The molecular weight excluding hydrogens is 344 g/mol. The first kappa shape index (κ1) is 17.3. The summed E-state index contributed by atoms with van der Waals surface area (Å²) in [4.78, 5) is 7.96. The number of benzene rings is 1. The van der Waals surface area contributed by atoms with Crippen LogP contribution < -0.4 is 0 Å². The first-order valence-electron chi connectivity index (χ1n) is 7.79. The molecule has 0 unspecified atom stereocenters. The fraction of sp³-hybridized carbons (Fsp3) is 0.312. The molecule has 0 aliphatic rings. The van der Waals surface area contributed by atoms with Gasteiger partial charge in [-0.1, -0.05) is 31.2 Å². The monoisotopic (exact) mass is 362 g/mol. The predicted molar refractivity (Wildman–Crippen MR) is 89.6 cm³/mol. The Balaban J connectivity index is 1.74. The van der Waals surface area contributed by atoms with Crippen molar-refractivity contribution in [3.05, 3.63) is 48.2 Å². The Bertz CT molecular complexity index is 945. The van der Waals surface area contributed by atoms with Gasteiger partial charge in [0.15, 0.2) is 5.76 Å². The second-order valence-electron chi connectivity index (χ2n) is 5.44. The zero-order valence-electron chi connectivity index (χ0n) is 13.7. The van der Waals surface area contributed by atoms with Gasteiger partial charge in [-0.2, -0.15) is 0 Å². The second-order valence-corrected chi connectivity index (χ2v) is 7.44. The summed E-state index contributed by atoms with van der Waals surface area (Å²) in [5.74, 6) is 0.616. The quantitative estimate of drug-likeness (QED) is 0.674. The molecule has 1 aromatic carbocycles. The van der Waals surface area contributed by atoms with E-state index >= 15 is 0 Å². The molecule has 0 radical (unpaired) electrons. The molecule has 8 nitrogen and oxygen atoms in total. The molecule has 0 bridgehead atoms. The van der Waals surface area contributed by atoms with Gasteiger partial charge in [0, 0.05) is 5.56 Å². The Kier molecular flexibility index (Phi) is 4.95. The van der Waals surface area contributed by atoms with Crippen LogP contribution >= 0.6 is 0 Å². The summed E-state index contributed by atoms with van der Waals surface area (Å²) in [5, 5.41) is 12.4. The minimum absolute atomic E-state index is 0.161. The van der Waals surface area contributed by atoms with Crippen molar-refractivity contribution in [1.82, 2.24) is 19.7 Å². The first-order chi connectivity index (χ1) is 12.0. The van der Waals surface area contributed by atoms with Crippen LogP contribution in [-0.4, -0.2) is 45.6 Å². The highest BCUT2D eigenvalue weighted by atomic mass is 32.2. The van der Waals surface area contributed by atoms with E-state index in [0.717, 1.165) is 12.0 Å². The summed E-state index contributed by atoms with van der Waals surface area (Å²) in [6.07, 6.45) is 3.89. The van der Waals surface area contributed by atoms with Crippen LogP contribution in [0.3, 0.4) is 0 Å². The highest BCUT2D eigenvalue weighted by Crippen LogP contribution is 2.21. The highest BCUT2D eigenvalue weighted by molar-refractivity contribution is 7.91. The van der Waals surface area contributed by atoms with Crippen molar-refractivity contribution in [1.29, 1.82) is 0 Å². The van der Waals surface area contributed by atoms with E-state index in [-0.39, 0.29) is 11.7 Å². The van der Waals surface area contributed by atoms with E-state index in [2.05, 4.69) is 22.0 Å². The van der Waals surface area contributed by atoms with E-state index in [1.54, 1.807) is 6.20 Å². The molecule has 9 heteroatoms. The van der Waals surface area contributed by atoms with Crippen LogP contribution in [0.2, 0.25) is 0 Å². The molecule has 3 aromatic rings. The third kappa shape index (κ3) is 3.94. The summed E-state index contributed by atoms with van der Waals surface area (Å²) in [5.41, 5.74) is 2.16. The van der Waals surface area contributed by atoms with Crippen molar-refractivity contribution < 1.29 is 17.9 Å². The second kappa shape index (κ2) is 7.16. The van der Waals surface area contributed by atoms with E-state index in [1.165, 1.54) is 16.6 Å². The zero-order valence-corrected chi connectivity index (χ0v) is 14.5. The average molecular weight is 362 g/mol. The summed E-state index contributed by atoms with van der Waals surface area (Å²) < 4.78 is 30.6. The Morgan fingerprint density at radius 1 is 1.20 bits per heavy atom. The predicted octanol–water partition coefficient (Wildman–Crippen LogP) is 1.31. The standard InChI is InChI=1S/C16H18N4O4S/c1-2-12-3-5-13(6-4-12)14-9-17-15(24-14)10-20-11-18-16(19-20)25(22,23)8-7-21/h3-6,9,11,21H,2,7-8,10H2,1H3. The zero-order chi connectivity index (χ0) is 17.9. The maximum Gasteiger partial charge on any atom is 0.266 e. The number of aliphatic hydroxyl groups is 1. The van der Waals surface area contributed by atoms with E-state index in [1.807, 2.05) is 24.3 Å². The number of oxazole rings is 1. The van der Waals surface area contributed by atoms with Crippen LogP contribution in [-0.2, 0) is 22.8 Å². The SMILES string of the molecule is CCc1ccc(-c2cnc(Cn3cnc(S(=O)(=O)CCO)n3)o2)cc1. The van der Waals surface area contributed by atoms with Gasteiger partial charge < -0.3 is 9.52 Å². The van der Waals surface area contributed by atoms with Crippen molar-refractivity contribution in [3.8, 4) is 11.3 Å². The van der Waals surface area contributed by atoms with E-state index < -0.39 is 22.2 Å². The fourth-order valence-corrected chi connectivity index (χ4v) is 3.13. The van der Waals surface area contributed by atoms with Crippen LogP contribution in [0.25, 0.3) is 11.3 Å². The van der Waals surface area contributed by atoms with Crippen LogP contribution in [0.5, 0.6) is 0 Å². The number of aryl methyl sites for hydroxylation is 1. The largest absolute Gasteiger partial charge is 0.439 e. The molecule has 132 valence electrons. The van der Waals surface area contributed by atoms with Crippen molar-refractivity contribution in [2.45, 2.75) is 25.0 Å². The van der Waals surface area contributed by atoms with Gasteiger partial charge in [0.1, 0.15) is 12.9 Å². The summed E-state index contributed by atoms with van der Waals surface area (Å²) >= 11 is 0. The minimum atomic E-state index is -3.67. The molecule has 0 spiro atoms. The highest BCUT2D eigenvalue weighted by Gasteiger charge is 2.19. The van der Waals surface area contributed by atoms with Crippen molar-refractivity contribution in [2.75, 3.05) is 12.4 Å². The van der Waals surface area contributed by atoms with Gasteiger partial charge in [-0.3, -0.25) is 0 Å². The number of rotatable bonds is 7. The Morgan fingerprint density at radius 2 is 1.96 bits per heavy atom. The molecule has 0 fully saturated rings. The number of hydrogen-bond donors (Lipinski definition) is 1. The van der Waals surface area contributed by atoms with Gasteiger partial charge in [-0.15, -0.1) is 5.10 Å². The van der Waals surface area contributed by atoms with E-state index in [9.17, 15) is 8.42 Å². The van der Waals surface area contributed by atoms with Crippen molar-refractivity contribution in [3.63, 3.8) is 0 Å². The van der Waals surface area contributed by atoms with Gasteiger partial charge in [0.25, 0.3) is 5.16 Å². The number of sulfone groups is 1. The van der Waals surface area contributed by atoms with Crippen LogP contribution in [0.4, 0.5) is 0 Å². The topological polar surface area (TPSA) is 111 Å². The number of hydrogen-bond acceptors (Lipinski definition) is 7. The third-order valence-electron chi connectivity index (χ3n) is 3.65. The third-order valence-corrected chi connectivity index (χ3v) is 5.11. The smallest absolute Gasteiger partial charge is 0.266 e. The molecule has 3 rings (SSSR count). The normalized spacial score (nSPS) is 11.8.